The molecular formula is C13H20N2O3. The zero-order valence-electron chi connectivity index (χ0n) is 10.7. The van der Waals surface area contributed by atoms with Gasteiger partial charge in [-0.2, -0.15) is 0 Å². The summed E-state index contributed by atoms with van der Waals surface area (Å²) in [5.41, 5.74) is 5.22. The standard InChI is InChI=1S/C13H20N2O3/c1-3-6-13(2,18)8-15-12(17)10-7-9(16)4-5-11(10)14/h4-5,7,16,18H,3,6,8,14H2,1-2H3,(H,15,17). The van der Waals surface area contributed by atoms with Crippen LogP contribution in [0.25, 0.3) is 0 Å². The fraction of sp³-hybridized carbons (Fsp3) is 0.462. The van der Waals surface area contributed by atoms with Gasteiger partial charge in [0.15, 0.2) is 0 Å². The summed E-state index contributed by atoms with van der Waals surface area (Å²) < 4.78 is 0. The van der Waals surface area contributed by atoms with Crippen LogP contribution < -0.4 is 11.1 Å². The van der Waals surface area contributed by atoms with Gasteiger partial charge in [0, 0.05) is 12.2 Å². The van der Waals surface area contributed by atoms with Crippen LogP contribution in [0.15, 0.2) is 18.2 Å². The second-order valence-electron chi connectivity index (χ2n) is 4.70. The smallest absolute Gasteiger partial charge is 0.253 e. The van der Waals surface area contributed by atoms with E-state index in [9.17, 15) is 15.0 Å². The molecule has 1 rings (SSSR count). The highest BCUT2D eigenvalue weighted by Crippen LogP contribution is 2.18. The summed E-state index contributed by atoms with van der Waals surface area (Å²) in [5, 5.41) is 21.9. The molecule has 5 heteroatoms. The molecule has 1 atom stereocenters. The van der Waals surface area contributed by atoms with Crippen molar-refractivity contribution in [1.82, 2.24) is 5.32 Å². The number of amides is 1. The lowest BCUT2D eigenvalue weighted by molar-refractivity contribution is 0.0470. The Morgan fingerprint density at radius 1 is 1.50 bits per heavy atom. The SMILES string of the molecule is CCCC(C)(O)CNC(=O)c1cc(O)ccc1N. The molecule has 5 N–H and O–H groups in total. The van der Waals surface area contributed by atoms with E-state index < -0.39 is 11.5 Å². The fourth-order valence-corrected chi connectivity index (χ4v) is 1.73. The van der Waals surface area contributed by atoms with Gasteiger partial charge >= 0.3 is 0 Å². The van der Waals surface area contributed by atoms with Crippen LogP contribution in [0.2, 0.25) is 0 Å². The van der Waals surface area contributed by atoms with Crippen LogP contribution in [-0.2, 0) is 0 Å². The number of benzene rings is 1. The van der Waals surface area contributed by atoms with Gasteiger partial charge in [0.05, 0.1) is 11.2 Å². The zero-order chi connectivity index (χ0) is 13.8. The Morgan fingerprint density at radius 3 is 2.78 bits per heavy atom. The van der Waals surface area contributed by atoms with Crippen LogP contribution >= 0.6 is 0 Å². The van der Waals surface area contributed by atoms with Gasteiger partial charge in [0.25, 0.3) is 5.91 Å². The second-order valence-corrected chi connectivity index (χ2v) is 4.70. The Kier molecular flexibility index (Phi) is 4.55. The van der Waals surface area contributed by atoms with Crippen molar-refractivity contribution in [2.24, 2.45) is 0 Å². The summed E-state index contributed by atoms with van der Waals surface area (Å²) in [4.78, 5) is 11.9. The van der Waals surface area contributed by atoms with E-state index in [1.165, 1.54) is 18.2 Å². The van der Waals surface area contributed by atoms with Crippen molar-refractivity contribution in [1.29, 1.82) is 0 Å². The number of carbonyl (C=O) groups is 1. The Bertz CT molecular complexity index is 430. The van der Waals surface area contributed by atoms with Crippen LogP contribution in [0.3, 0.4) is 0 Å². The number of hydrogen-bond donors (Lipinski definition) is 4. The first-order valence-corrected chi connectivity index (χ1v) is 5.95. The third-order valence-electron chi connectivity index (χ3n) is 2.70. The molecule has 0 bridgehead atoms. The number of hydrogen-bond acceptors (Lipinski definition) is 4. The van der Waals surface area contributed by atoms with Crippen molar-refractivity contribution in [2.75, 3.05) is 12.3 Å². The van der Waals surface area contributed by atoms with E-state index in [0.717, 1.165) is 6.42 Å². The first-order chi connectivity index (χ1) is 8.35. The van der Waals surface area contributed by atoms with E-state index in [0.29, 0.717) is 12.1 Å². The minimum absolute atomic E-state index is 0.0188. The van der Waals surface area contributed by atoms with Crippen LogP contribution in [0.5, 0.6) is 5.75 Å². The van der Waals surface area contributed by atoms with E-state index >= 15 is 0 Å². The molecule has 0 saturated heterocycles. The maximum atomic E-state index is 11.9. The predicted molar refractivity (Wildman–Crippen MR) is 70.4 cm³/mol. The van der Waals surface area contributed by atoms with Crippen LogP contribution in [0.1, 0.15) is 37.0 Å². The molecule has 0 saturated carbocycles. The highest BCUT2D eigenvalue weighted by atomic mass is 16.3. The number of nitrogens with two attached hydrogens (primary N) is 1. The third kappa shape index (κ3) is 3.92. The first-order valence-electron chi connectivity index (χ1n) is 5.95. The summed E-state index contributed by atoms with van der Waals surface area (Å²) in [7, 11) is 0. The monoisotopic (exact) mass is 252 g/mol. The third-order valence-corrected chi connectivity index (χ3v) is 2.70. The average molecular weight is 252 g/mol. The molecular weight excluding hydrogens is 232 g/mol. The van der Waals surface area contributed by atoms with Gasteiger partial charge in [-0.05, 0) is 31.5 Å². The molecule has 1 aromatic rings. The highest BCUT2D eigenvalue weighted by Gasteiger charge is 2.21. The number of aliphatic hydroxyl groups is 1. The normalized spacial score (nSPS) is 13.9. The number of nitrogens with one attached hydrogen (secondary N) is 1. The van der Waals surface area contributed by atoms with Crippen molar-refractivity contribution in [3.63, 3.8) is 0 Å². The molecule has 100 valence electrons. The lowest BCUT2D eigenvalue weighted by Gasteiger charge is -2.23. The van der Waals surface area contributed by atoms with Gasteiger partial charge in [-0.1, -0.05) is 13.3 Å². The fourth-order valence-electron chi connectivity index (χ4n) is 1.73. The van der Waals surface area contributed by atoms with Gasteiger partial charge in [0.2, 0.25) is 0 Å². The van der Waals surface area contributed by atoms with Gasteiger partial charge in [0.1, 0.15) is 5.75 Å². The van der Waals surface area contributed by atoms with Gasteiger partial charge in [-0.25, -0.2) is 0 Å². The molecule has 1 unspecified atom stereocenters. The number of carbonyl (C=O) groups excluding carboxylic acids is 1. The predicted octanol–water partition coefficient (Wildman–Crippen LogP) is 1.26. The first kappa shape index (κ1) is 14.3. The van der Waals surface area contributed by atoms with E-state index in [1.54, 1.807) is 6.92 Å². The maximum Gasteiger partial charge on any atom is 0.253 e. The summed E-state index contributed by atoms with van der Waals surface area (Å²) in [6.45, 7) is 3.78. The number of rotatable bonds is 5. The van der Waals surface area contributed by atoms with Crippen molar-refractivity contribution >= 4 is 11.6 Å². The van der Waals surface area contributed by atoms with E-state index in [1.807, 2.05) is 6.92 Å². The average Bonchev–Trinajstić information content (AvgIpc) is 2.29. The summed E-state index contributed by atoms with van der Waals surface area (Å²) in [6, 6.07) is 4.19. The lowest BCUT2D eigenvalue weighted by Crippen LogP contribution is -2.40. The number of anilines is 1. The lowest BCUT2D eigenvalue weighted by atomic mass is 10.0. The Hall–Kier alpha value is -1.75. The van der Waals surface area contributed by atoms with Gasteiger partial charge in [-0.15, -0.1) is 0 Å². The molecule has 18 heavy (non-hydrogen) atoms. The summed E-state index contributed by atoms with van der Waals surface area (Å²) in [6.07, 6.45) is 1.43. The summed E-state index contributed by atoms with van der Waals surface area (Å²) in [5.74, 6) is -0.422. The van der Waals surface area contributed by atoms with Gasteiger partial charge < -0.3 is 21.3 Å². The largest absolute Gasteiger partial charge is 0.508 e. The number of aromatic hydroxyl groups is 1. The van der Waals surface area contributed by atoms with Crippen molar-refractivity contribution in [2.45, 2.75) is 32.3 Å². The molecule has 0 aromatic heterocycles. The number of phenols is 1. The Morgan fingerprint density at radius 2 is 2.17 bits per heavy atom. The molecule has 0 aliphatic rings. The van der Waals surface area contributed by atoms with Crippen LogP contribution in [-0.4, -0.2) is 28.3 Å². The topological polar surface area (TPSA) is 95.6 Å². The minimum Gasteiger partial charge on any atom is -0.508 e. The molecule has 0 radical (unpaired) electrons. The molecule has 1 aromatic carbocycles. The quantitative estimate of drug-likeness (QED) is 0.468. The van der Waals surface area contributed by atoms with Crippen molar-refractivity contribution in [3.05, 3.63) is 23.8 Å². The van der Waals surface area contributed by atoms with Crippen molar-refractivity contribution < 1.29 is 15.0 Å². The van der Waals surface area contributed by atoms with E-state index in [2.05, 4.69) is 5.32 Å². The Balaban J connectivity index is 2.69. The Labute approximate surface area is 107 Å². The summed E-state index contributed by atoms with van der Waals surface area (Å²) >= 11 is 0. The maximum absolute atomic E-state index is 11.9. The van der Waals surface area contributed by atoms with Crippen LogP contribution in [0.4, 0.5) is 5.69 Å². The highest BCUT2D eigenvalue weighted by molar-refractivity contribution is 5.99. The van der Waals surface area contributed by atoms with Crippen molar-refractivity contribution in [3.8, 4) is 5.75 Å². The van der Waals surface area contributed by atoms with Crippen LogP contribution in [0, 0.1) is 0 Å². The molecule has 5 nitrogen and oxygen atoms in total. The zero-order valence-corrected chi connectivity index (χ0v) is 10.7. The van der Waals surface area contributed by atoms with Gasteiger partial charge in [-0.3, -0.25) is 4.79 Å². The molecule has 1 amide bonds. The molecule has 0 heterocycles. The minimum atomic E-state index is -0.935. The molecule has 0 spiro atoms. The van der Waals surface area contributed by atoms with E-state index in [4.69, 9.17) is 5.73 Å². The second kappa shape index (κ2) is 5.73. The van der Waals surface area contributed by atoms with E-state index in [-0.39, 0.29) is 17.9 Å². The number of nitrogen functional groups attached to an aromatic ring is 1. The number of phenolic OH excluding ortho intramolecular Hbond substituents is 1. The molecule has 0 aliphatic heterocycles. The molecule has 0 fully saturated rings. The molecule has 0 aliphatic carbocycles.